The Morgan fingerprint density at radius 2 is 2.00 bits per heavy atom. The summed E-state index contributed by atoms with van der Waals surface area (Å²) in [6, 6.07) is 2.66. The van der Waals surface area contributed by atoms with Gasteiger partial charge in [0.2, 0.25) is 0 Å². The van der Waals surface area contributed by atoms with Gasteiger partial charge in [-0.1, -0.05) is 0 Å². The minimum atomic E-state index is -3.91. The molecule has 0 heterocycles. The zero-order valence-electron chi connectivity index (χ0n) is 8.15. The van der Waals surface area contributed by atoms with E-state index in [0.717, 1.165) is 0 Å². The van der Waals surface area contributed by atoms with Crippen molar-refractivity contribution in [1.29, 1.82) is 0 Å². The van der Waals surface area contributed by atoms with Gasteiger partial charge in [-0.2, -0.15) is 0 Å². The van der Waals surface area contributed by atoms with Crippen molar-refractivity contribution in [3.63, 3.8) is 0 Å². The van der Waals surface area contributed by atoms with E-state index >= 15 is 0 Å². The molecule has 0 aromatic heterocycles. The molecule has 4 nitrogen and oxygen atoms in total. The van der Waals surface area contributed by atoms with Crippen molar-refractivity contribution in [2.24, 2.45) is 0 Å². The molecule has 6 heteroatoms. The van der Waals surface area contributed by atoms with Crippen LogP contribution in [0.3, 0.4) is 0 Å². The lowest BCUT2D eigenvalue weighted by atomic mass is 10.1. The lowest BCUT2D eigenvalue weighted by Crippen LogP contribution is -2.00. The summed E-state index contributed by atoms with van der Waals surface area (Å²) >= 11 is 0. The summed E-state index contributed by atoms with van der Waals surface area (Å²) in [6.07, 6.45) is 0.428. The second kappa shape index (κ2) is 4.20. The van der Waals surface area contributed by atoms with Gasteiger partial charge in [0.1, 0.15) is 5.75 Å². The molecule has 0 fully saturated rings. The van der Waals surface area contributed by atoms with E-state index in [9.17, 15) is 13.2 Å². The van der Waals surface area contributed by atoms with E-state index in [-0.39, 0.29) is 10.5 Å². The Balaban J connectivity index is 3.55. The second-order valence-electron chi connectivity index (χ2n) is 2.92. The third kappa shape index (κ3) is 2.49. The molecular weight excluding hydrogens is 240 g/mol. The van der Waals surface area contributed by atoms with Gasteiger partial charge in [0.25, 0.3) is 9.05 Å². The third-order valence-corrected chi connectivity index (χ3v) is 3.29. The average molecular weight is 249 g/mol. The van der Waals surface area contributed by atoms with Crippen LogP contribution >= 0.6 is 10.7 Å². The fourth-order valence-corrected chi connectivity index (χ4v) is 2.31. The predicted octanol–water partition coefficient (Wildman–Crippen LogP) is 1.74. The van der Waals surface area contributed by atoms with Gasteiger partial charge in [-0.15, -0.1) is 0 Å². The highest BCUT2D eigenvalue weighted by atomic mass is 35.7. The molecule has 0 N–H and O–H groups in total. The zero-order chi connectivity index (χ0) is 11.6. The third-order valence-electron chi connectivity index (χ3n) is 1.92. The zero-order valence-corrected chi connectivity index (χ0v) is 9.72. The summed E-state index contributed by atoms with van der Waals surface area (Å²) in [5, 5.41) is 0. The Morgan fingerprint density at radius 1 is 1.40 bits per heavy atom. The molecule has 0 aliphatic rings. The maximum atomic E-state index is 11.1. The Hall–Kier alpha value is -1.07. The van der Waals surface area contributed by atoms with Crippen molar-refractivity contribution in [2.75, 3.05) is 7.11 Å². The lowest BCUT2D eigenvalue weighted by Gasteiger charge is -2.07. The van der Waals surface area contributed by atoms with E-state index in [1.165, 1.54) is 19.2 Å². The van der Waals surface area contributed by atoms with Gasteiger partial charge >= 0.3 is 0 Å². The molecule has 82 valence electrons. The molecule has 1 rings (SSSR count). The number of aldehydes is 1. The molecule has 0 amide bonds. The highest BCUT2D eigenvalue weighted by Crippen LogP contribution is 2.27. The monoisotopic (exact) mass is 248 g/mol. The molecule has 0 unspecified atom stereocenters. The SMILES string of the molecule is COc1cc(C=O)c(S(=O)(=O)Cl)cc1C. The normalized spacial score (nSPS) is 11.1. The highest BCUT2D eigenvalue weighted by molar-refractivity contribution is 8.13. The Labute approximate surface area is 92.2 Å². The Bertz CT molecular complexity index is 493. The maximum absolute atomic E-state index is 11.1. The van der Waals surface area contributed by atoms with E-state index in [0.29, 0.717) is 17.6 Å². The molecule has 0 radical (unpaired) electrons. The van der Waals surface area contributed by atoms with E-state index in [4.69, 9.17) is 15.4 Å². The molecule has 0 saturated heterocycles. The minimum absolute atomic E-state index is 0.00699. The van der Waals surface area contributed by atoms with Crippen LogP contribution in [0.2, 0.25) is 0 Å². The molecule has 0 aliphatic carbocycles. The predicted molar refractivity (Wildman–Crippen MR) is 56.2 cm³/mol. The standard InChI is InChI=1S/C9H9ClO4S/c1-6-3-9(15(10,12)13)7(5-11)4-8(6)14-2/h3-5H,1-2H3. The van der Waals surface area contributed by atoms with Gasteiger partial charge in [0.05, 0.1) is 12.0 Å². The van der Waals surface area contributed by atoms with Crippen molar-refractivity contribution in [1.82, 2.24) is 0 Å². The van der Waals surface area contributed by atoms with Gasteiger partial charge in [0, 0.05) is 16.2 Å². The summed E-state index contributed by atoms with van der Waals surface area (Å²) < 4.78 is 27.2. The molecule has 1 aromatic carbocycles. The molecule has 1 aromatic rings. The van der Waals surface area contributed by atoms with Crippen molar-refractivity contribution < 1.29 is 17.9 Å². The summed E-state index contributed by atoms with van der Waals surface area (Å²) in [4.78, 5) is 10.5. The number of methoxy groups -OCH3 is 1. The first-order valence-electron chi connectivity index (χ1n) is 3.98. The van der Waals surface area contributed by atoms with Gasteiger partial charge in [-0.25, -0.2) is 8.42 Å². The smallest absolute Gasteiger partial charge is 0.262 e. The van der Waals surface area contributed by atoms with E-state index < -0.39 is 9.05 Å². The van der Waals surface area contributed by atoms with Gasteiger partial charge in [0.15, 0.2) is 6.29 Å². The van der Waals surface area contributed by atoms with Gasteiger partial charge < -0.3 is 4.74 Å². The molecule has 0 atom stereocenters. The van der Waals surface area contributed by atoms with Crippen LogP contribution in [-0.4, -0.2) is 21.8 Å². The fourth-order valence-electron chi connectivity index (χ4n) is 1.20. The first-order chi connectivity index (χ1) is 6.90. The molecule has 0 spiro atoms. The van der Waals surface area contributed by atoms with Crippen LogP contribution in [0.5, 0.6) is 5.75 Å². The largest absolute Gasteiger partial charge is 0.496 e. The number of rotatable bonds is 3. The molecule has 0 bridgehead atoms. The summed E-state index contributed by atoms with van der Waals surface area (Å²) in [6.45, 7) is 1.67. The fraction of sp³-hybridized carbons (Fsp3) is 0.222. The van der Waals surface area contributed by atoms with Gasteiger partial charge in [-0.05, 0) is 24.6 Å². The number of ether oxygens (including phenoxy) is 1. The van der Waals surface area contributed by atoms with E-state index in [2.05, 4.69) is 0 Å². The van der Waals surface area contributed by atoms with Gasteiger partial charge in [-0.3, -0.25) is 4.79 Å². The topological polar surface area (TPSA) is 60.4 Å². The average Bonchev–Trinajstić information content (AvgIpc) is 2.16. The van der Waals surface area contributed by atoms with Crippen LogP contribution in [0.4, 0.5) is 0 Å². The first kappa shape index (κ1) is 12.0. The van der Waals surface area contributed by atoms with Crippen LogP contribution in [0.1, 0.15) is 15.9 Å². The number of hydrogen-bond donors (Lipinski definition) is 0. The second-order valence-corrected chi connectivity index (χ2v) is 5.45. The number of carbonyl (C=O) groups is 1. The van der Waals surface area contributed by atoms with Crippen molar-refractivity contribution in [2.45, 2.75) is 11.8 Å². The Kier molecular flexibility index (Phi) is 3.36. The van der Waals surface area contributed by atoms with Crippen LogP contribution < -0.4 is 4.74 Å². The molecule has 0 saturated carbocycles. The Morgan fingerprint density at radius 3 is 2.40 bits per heavy atom. The summed E-state index contributed by atoms with van der Waals surface area (Å²) in [5.41, 5.74) is 0.592. The quantitative estimate of drug-likeness (QED) is 0.604. The van der Waals surface area contributed by atoms with Crippen molar-refractivity contribution >= 4 is 26.0 Å². The minimum Gasteiger partial charge on any atom is -0.496 e. The van der Waals surface area contributed by atoms with Crippen molar-refractivity contribution in [3.05, 3.63) is 23.3 Å². The summed E-state index contributed by atoms with van der Waals surface area (Å²) in [5.74, 6) is 0.446. The maximum Gasteiger partial charge on any atom is 0.262 e. The molecular formula is C9H9ClO4S. The molecule has 15 heavy (non-hydrogen) atoms. The van der Waals surface area contributed by atoms with Crippen LogP contribution in [0, 0.1) is 6.92 Å². The van der Waals surface area contributed by atoms with E-state index in [1.807, 2.05) is 0 Å². The number of benzene rings is 1. The highest BCUT2D eigenvalue weighted by Gasteiger charge is 2.17. The van der Waals surface area contributed by atoms with E-state index in [1.54, 1.807) is 6.92 Å². The first-order valence-corrected chi connectivity index (χ1v) is 6.29. The van der Waals surface area contributed by atoms with Crippen molar-refractivity contribution in [3.8, 4) is 5.75 Å². The summed E-state index contributed by atoms with van der Waals surface area (Å²) in [7, 11) is 2.71. The number of aryl methyl sites for hydroxylation is 1. The number of carbonyl (C=O) groups excluding carboxylic acids is 1. The number of hydrogen-bond acceptors (Lipinski definition) is 4. The lowest BCUT2D eigenvalue weighted by molar-refractivity contribution is 0.112. The van der Waals surface area contributed by atoms with Crippen LogP contribution in [0.15, 0.2) is 17.0 Å². The van der Waals surface area contributed by atoms with Crippen LogP contribution in [-0.2, 0) is 9.05 Å². The van der Waals surface area contributed by atoms with Crippen LogP contribution in [0.25, 0.3) is 0 Å². The number of halogens is 1. The molecule has 0 aliphatic heterocycles.